The van der Waals surface area contributed by atoms with Crippen LogP contribution in [0, 0.1) is 13.8 Å². The van der Waals surface area contributed by atoms with E-state index in [2.05, 4.69) is 0 Å². The number of benzene rings is 1. The van der Waals surface area contributed by atoms with Crippen molar-refractivity contribution < 1.29 is 23.9 Å². The molecule has 30 heavy (non-hydrogen) atoms. The number of hydrogen-bond acceptors (Lipinski definition) is 5. The standard InChI is InChI=1S/C23H26N2O5/c1-5-7-10-25-21(27)17-9-8-16(12-19(17)22(25)28)23(29)30-13-20(26)18-11-14(3)24(6-2)15(18)4/h8-9,11-12H,5-7,10,13H2,1-4H3. The van der Waals surface area contributed by atoms with Gasteiger partial charge in [-0.3, -0.25) is 19.3 Å². The number of unbranched alkanes of at least 4 members (excludes halogenated alkanes) is 1. The first-order valence-electron chi connectivity index (χ1n) is 10.2. The topological polar surface area (TPSA) is 85.7 Å². The molecule has 1 aromatic carbocycles. The molecule has 1 aromatic heterocycles. The van der Waals surface area contributed by atoms with Crippen molar-refractivity contribution in [2.45, 2.75) is 47.1 Å². The predicted molar refractivity (Wildman–Crippen MR) is 111 cm³/mol. The van der Waals surface area contributed by atoms with Gasteiger partial charge in [-0.1, -0.05) is 13.3 Å². The molecule has 0 atom stereocenters. The summed E-state index contributed by atoms with van der Waals surface area (Å²) >= 11 is 0. The van der Waals surface area contributed by atoms with Crippen LogP contribution in [0.15, 0.2) is 24.3 Å². The maximum atomic E-state index is 12.5. The van der Waals surface area contributed by atoms with Crippen LogP contribution in [-0.4, -0.2) is 46.2 Å². The molecule has 2 aromatic rings. The van der Waals surface area contributed by atoms with E-state index in [-0.39, 0.29) is 35.0 Å². The molecule has 7 heteroatoms. The summed E-state index contributed by atoms with van der Waals surface area (Å²) in [4.78, 5) is 51.1. The van der Waals surface area contributed by atoms with Crippen LogP contribution in [0.3, 0.4) is 0 Å². The number of aromatic nitrogens is 1. The first kappa shape index (κ1) is 21.5. The van der Waals surface area contributed by atoms with E-state index in [4.69, 9.17) is 4.74 Å². The van der Waals surface area contributed by atoms with Gasteiger partial charge in [0.15, 0.2) is 6.61 Å². The van der Waals surface area contributed by atoms with Crippen molar-refractivity contribution in [2.75, 3.05) is 13.2 Å². The molecule has 0 fully saturated rings. The molecule has 2 heterocycles. The highest BCUT2D eigenvalue weighted by Gasteiger charge is 2.35. The number of Topliss-reactive ketones (excluding diaryl/α,β-unsaturated/α-hetero) is 1. The summed E-state index contributed by atoms with van der Waals surface area (Å²) in [5.74, 6) is -1.73. The number of nitrogens with zero attached hydrogens (tertiary/aromatic N) is 2. The third-order valence-electron chi connectivity index (χ3n) is 5.47. The number of fused-ring (bicyclic) bond motifs is 1. The molecule has 0 N–H and O–H groups in total. The van der Waals surface area contributed by atoms with Crippen molar-refractivity contribution >= 4 is 23.6 Å². The number of carbonyl (C=O) groups excluding carboxylic acids is 4. The fourth-order valence-corrected chi connectivity index (χ4v) is 3.80. The first-order chi connectivity index (χ1) is 14.3. The summed E-state index contributed by atoms with van der Waals surface area (Å²) in [6.07, 6.45) is 1.58. The van der Waals surface area contributed by atoms with Gasteiger partial charge in [0.2, 0.25) is 5.78 Å². The summed E-state index contributed by atoms with van der Waals surface area (Å²) in [6, 6.07) is 6.08. The molecular formula is C23H26N2O5. The lowest BCUT2D eigenvalue weighted by molar-refractivity contribution is 0.0474. The Balaban J connectivity index is 1.71. The van der Waals surface area contributed by atoms with Crippen molar-refractivity contribution in [1.82, 2.24) is 9.47 Å². The zero-order valence-electron chi connectivity index (χ0n) is 17.8. The average molecular weight is 410 g/mol. The lowest BCUT2D eigenvalue weighted by Crippen LogP contribution is -2.30. The van der Waals surface area contributed by atoms with Crippen LogP contribution < -0.4 is 0 Å². The van der Waals surface area contributed by atoms with E-state index in [0.29, 0.717) is 12.1 Å². The average Bonchev–Trinajstić information content (AvgIpc) is 3.16. The van der Waals surface area contributed by atoms with Crippen molar-refractivity contribution in [3.05, 3.63) is 57.9 Å². The maximum Gasteiger partial charge on any atom is 0.338 e. The maximum absolute atomic E-state index is 12.5. The van der Waals surface area contributed by atoms with E-state index in [1.54, 1.807) is 6.07 Å². The minimum absolute atomic E-state index is 0.138. The van der Waals surface area contributed by atoms with E-state index < -0.39 is 11.9 Å². The number of rotatable bonds is 8. The minimum atomic E-state index is -0.706. The van der Waals surface area contributed by atoms with E-state index >= 15 is 0 Å². The number of carbonyl (C=O) groups is 4. The number of ketones is 1. The van der Waals surface area contributed by atoms with Crippen LogP contribution in [-0.2, 0) is 11.3 Å². The predicted octanol–water partition coefficient (Wildman–Crippen LogP) is 3.56. The Kier molecular flexibility index (Phi) is 6.20. The Hall–Kier alpha value is -3.22. The normalized spacial score (nSPS) is 13.0. The highest BCUT2D eigenvalue weighted by molar-refractivity contribution is 6.22. The van der Waals surface area contributed by atoms with E-state index in [1.807, 2.05) is 32.3 Å². The molecule has 158 valence electrons. The molecule has 0 spiro atoms. The largest absolute Gasteiger partial charge is 0.454 e. The third-order valence-corrected chi connectivity index (χ3v) is 5.47. The van der Waals surface area contributed by atoms with Crippen LogP contribution in [0.5, 0.6) is 0 Å². The smallest absolute Gasteiger partial charge is 0.338 e. The van der Waals surface area contributed by atoms with Crippen molar-refractivity contribution in [1.29, 1.82) is 0 Å². The molecule has 0 saturated carbocycles. The lowest BCUT2D eigenvalue weighted by atomic mass is 10.1. The summed E-state index contributed by atoms with van der Waals surface area (Å²) in [5, 5.41) is 0. The van der Waals surface area contributed by atoms with Crippen LogP contribution in [0.4, 0.5) is 0 Å². The van der Waals surface area contributed by atoms with E-state index in [0.717, 1.165) is 30.8 Å². The van der Waals surface area contributed by atoms with Crippen LogP contribution in [0.2, 0.25) is 0 Å². The number of imide groups is 1. The van der Waals surface area contributed by atoms with Gasteiger partial charge in [-0.25, -0.2) is 4.79 Å². The van der Waals surface area contributed by atoms with Crippen molar-refractivity contribution in [3.63, 3.8) is 0 Å². The molecular weight excluding hydrogens is 384 g/mol. The van der Waals surface area contributed by atoms with Gasteiger partial charge in [-0.05, 0) is 51.5 Å². The third kappa shape index (κ3) is 3.79. The first-order valence-corrected chi connectivity index (χ1v) is 10.2. The van der Waals surface area contributed by atoms with Gasteiger partial charge in [0, 0.05) is 30.0 Å². The molecule has 1 aliphatic heterocycles. The molecule has 7 nitrogen and oxygen atoms in total. The number of hydrogen-bond donors (Lipinski definition) is 0. The van der Waals surface area contributed by atoms with Crippen LogP contribution in [0.25, 0.3) is 0 Å². The Bertz CT molecular complexity index is 1030. The van der Waals surface area contributed by atoms with Crippen LogP contribution in [0.1, 0.15) is 79.5 Å². The second-order valence-electron chi connectivity index (χ2n) is 7.40. The van der Waals surface area contributed by atoms with E-state index in [9.17, 15) is 19.2 Å². The number of amides is 2. The number of aryl methyl sites for hydroxylation is 1. The van der Waals surface area contributed by atoms with Crippen molar-refractivity contribution in [2.24, 2.45) is 0 Å². The van der Waals surface area contributed by atoms with Crippen LogP contribution >= 0.6 is 0 Å². The summed E-state index contributed by atoms with van der Waals surface area (Å²) in [7, 11) is 0. The monoisotopic (exact) mass is 410 g/mol. The second-order valence-corrected chi connectivity index (χ2v) is 7.40. The van der Waals surface area contributed by atoms with Gasteiger partial charge < -0.3 is 9.30 Å². The van der Waals surface area contributed by atoms with Crippen molar-refractivity contribution in [3.8, 4) is 0 Å². The van der Waals surface area contributed by atoms with Gasteiger partial charge >= 0.3 is 5.97 Å². The number of ether oxygens (including phenoxy) is 1. The highest BCUT2D eigenvalue weighted by Crippen LogP contribution is 2.25. The molecule has 2 amide bonds. The van der Waals surface area contributed by atoms with E-state index in [1.165, 1.54) is 23.1 Å². The number of esters is 1. The SMILES string of the molecule is CCCCN1C(=O)c2ccc(C(=O)OCC(=O)c3cc(C)n(CC)c3C)cc2C1=O. The molecule has 0 saturated heterocycles. The summed E-state index contributed by atoms with van der Waals surface area (Å²) in [5.41, 5.74) is 2.96. The summed E-state index contributed by atoms with van der Waals surface area (Å²) in [6.45, 7) is 8.48. The Morgan fingerprint density at radius 3 is 2.33 bits per heavy atom. The molecule has 0 bridgehead atoms. The molecule has 0 aliphatic carbocycles. The van der Waals surface area contributed by atoms with Gasteiger partial charge in [0.05, 0.1) is 16.7 Å². The quantitative estimate of drug-likeness (QED) is 0.377. The zero-order valence-corrected chi connectivity index (χ0v) is 17.8. The fraction of sp³-hybridized carbons (Fsp3) is 0.391. The van der Waals surface area contributed by atoms with Gasteiger partial charge in [0.25, 0.3) is 11.8 Å². The highest BCUT2D eigenvalue weighted by atomic mass is 16.5. The summed E-state index contributed by atoms with van der Waals surface area (Å²) < 4.78 is 7.20. The molecule has 0 unspecified atom stereocenters. The Morgan fingerprint density at radius 1 is 1.00 bits per heavy atom. The van der Waals surface area contributed by atoms with Gasteiger partial charge in [-0.2, -0.15) is 0 Å². The van der Waals surface area contributed by atoms with Gasteiger partial charge in [-0.15, -0.1) is 0 Å². The Labute approximate surface area is 175 Å². The fourth-order valence-electron chi connectivity index (χ4n) is 3.80. The Morgan fingerprint density at radius 2 is 1.70 bits per heavy atom. The molecule has 0 radical (unpaired) electrons. The zero-order chi connectivity index (χ0) is 22.0. The molecule has 3 rings (SSSR count). The lowest BCUT2D eigenvalue weighted by Gasteiger charge is -2.12. The second kappa shape index (κ2) is 8.65. The van der Waals surface area contributed by atoms with Gasteiger partial charge in [0.1, 0.15) is 0 Å². The minimum Gasteiger partial charge on any atom is -0.454 e. The molecule has 1 aliphatic rings.